The molecular formula is C11H7F4N3O2. The molecule has 20 heavy (non-hydrogen) atoms. The number of benzene rings is 1. The van der Waals surface area contributed by atoms with Crippen molar-refractivity contribution in [3.05, 3.63) is 51.8 Å². The minimum absolute atomic E-state index is 0.103. The molecule has 0 saturated heterocycles. The summed E-state index contributed by atoms with van der Waals surface area (Å²) >= 11 is 0. The summed E-state index contributed by atoms with van der Waals surface area (Å²) in [7, 11) is 0. The number of aromatic nitrogens is 2. The van der Waals surface area contributed by atoms with E-state index >= 15 is 0 Å². The molecule has 0 N–H and O–H groups in total. The first-order valence-corrected chi connectivity index (χ1v) is 5.26. The third-order valence-electron chi connectivity index (χ3n) is 2.54. The Kier molecular flexibility index (Phi) is 3.20. The van der Waals surface area contributed by atoms with Gasteiger partial charge in [-0.25, -0.2) is 4.98 Å². The van der Waals surface area contributed by atoms with Gasteiger partial charge in [0.15, 0.2) is 0 Å². The Balaban J connectivity index is 2.75. The van der Waals surface area contributed by atoms with Crippen LogP contribution in [-0.2, 0) is 6.18 Å². The zero-order valence-corrected chi connectivity index (χ0v) is 9.98. The topological polar surface area (TPSA) is 61.0 Å². The van der Waals surface area contributed by atoms with Gasteiger partial charge in [-0.2, -0.15) is 17.6 Å². The number of nitrogens with zero attached hydrogens (tertiary/aromatic N) is 3. The van der Waals surface area contributed by atoms with Gasteiger partial charge in [-0.3, -0.25) is 14.7 Å². The van der Waals surface area contributed by atoms with Crippen molar-refractivity contribution in [3.63, 3.8) is 0 Å². The molecule has 1 heterocycles. The summed E-state index contributed by atoms with van der Waals surface area (Å²) in [5.41, 5.74) is -2.43. The molecule has 0 spiro atoms. The van der Waals surface area contributed by atoms with Gasteiger partial charge in [-0.15, -0.1) is 0 Å². The Bertz CT molecular complexity index is 679. The third-order valence-corrected chi connectivity index (χ3v) is 2.54. The number of alkyl halides is 3. The molecule has 106 valence electrons. The lowest BCUT2D eigenvalue weighted by molar-refractivity contribution is -0.387. The van der Waals surface area contributed by atoms with E-state index in [0.717, 1.165) is 10.9 Å². The summed E-state index contributed by atoms with van der Waals surface area (Å²) in [6.07, 6.45) is -2.46. The number of rotatable bonds is 2. The van der Waals surface area contributed by atoms with Crippen LogP contribution in [-0.4, -0.2) is 14.5 Å². The Morgan fingerprint density at radius 2 is 2.00 bits per heavy atom. The van der Waals surface area contributed by atoms with Crippen molar-refractivity contribution in [3.8, 4) is 5.69 Å². The van der Waals surface area contributed by atoms with Crippen LogP contribution in [0.2, 0.25) is 0 Å². The molecule has 0 aliphatic rings. The van der Waals surface area contributed by atoms with Gasteiger partial charge >= 0.3 is 11.9 Å². The highest BCUT2D eigenvalue weighted by Crippen LogP contribution is 2.35. The van der Waals surface area contributed by atoms with Gasteiger partial charge < -0.3 is 0 Å². The smallest absolute Gasteiger partial charge is 0.300 e. The Hall–Kier alpha value is -2.45. The van der Waals surface area contributed by atoms with E-state index in [1.165, 1.54) is 6.20 Å². The highest BCUT2D eigenvalue weighted by molar-refractivity contribution is 5.56. The fourth-order valence-corrected chi connectivity index (χ4v) is 1.68. The highest BCUT2D eigenvalue weighted by atomic mass is 19.4. The summed E-state index contributed by atoms with van der Waals surface area (Å²) in [6.45, 7) is 1.55. The third kappa shape index (κ3) is 2.46. The average molecular weight is 289 g/mol. The van der Waals surface area contributed by atoms with Crippen LogP contribution in [0, 0.1) is 22.9 Å². The van der Waals surface area contributed by atoms with Crippen LogP contribution >= 0.6 is 0 Å². The molecule has 0 aliphatic heterocycles. The normalized spacial score (nSPS) is 11.7. The molecule has 0 fully saturated rings. The molecule has 0 unspecified atom stereocenters. The van der Waals surface area contributed by atoms with E-state index in [1.54, 1.807) is 6.92 Å². The van der Waals surface area contributed by atoms with Gasteiger partial charge in [0.1, 0.15) is 5.69 Å². The molecule has 9 heteroatoms. The second-order valence-electron chi connectivity index (χ2n) is 4.00. The molecule has 5 nitrogen and oxygen atoms in total. The van der Waals surface area contributed by atoms with Crippen molar-refractivity contribution in [1.29, 1.82) is 0 Å². The van der Waals surface area contributed by atoms with Crippen LogP contribution < -0.4 is 0 Å². The van der Waals surface area contributed by atoms with E-state index in [1.807, 2.05) is 0 Å². The van der Waals surface area contributed by atoms with Crippen molar-refractivity contribution in [2.75, 3.05) is 0 Å². The Morgan fingerprint density at radius 3 is 2.45 bits per heavy atom. The average Bonchev–Trinajstić information content (AvgIpc) is 2.73. The number of hydrogen-bond acceptors (Lipinski definition) is 3. The maximum absolute atomic E-state index is 13.6. The molecular weight excluding hydrogens is 282 g/mol. The monoisotopic (exact) mass is 289 g/mol. The number of imidazole rings is 1. The molecule has 0 amide bonds. The van der Waals surface area contributed by atoms with E-state index in [4.69, 9.17) is 0 Å². The summed E-state index contributed by atoms with van der Waals surface area (Å²) < 4.78 is 52.5. The van der Waals surface area contributed by atoms with Crippen LogP contribution in [0.5, 0.6) is 0 Å². The van der Waals surface area contributed by atoms with Crippen molar-refractivity contribution in [2.45, 2.75) is 13.1 Å². The van der Waals surface area contributed by atoms with Crippen molar-refractivity contribution >= 4 is 5.69 Å². The van der Waals surface area contributed by atoms with E-state index < -0.39 is 33.9 Å². The van der Waals surface area contributed by atoms with Crippen molar-refractivity contribution in [1.82, 2.24) is 9.55 Å². The van der Waals surface area contributed by atoms with Crippen LogP contribution in [0.3, 0.4) is 0 Å². The number of nitro groups is 1. The van der Waals surface area contributed by atoms with Crippen LogP contribution in [0.1, 0.15) is 11.3 Å². The second kappa shape index (κ2) is 4.58. The number of halogens is 4. The highest BCUT2D eigenvalue weighted by Gasteiger charge is 2.35. The molecule has 0 aliphatic carbocycles. The lowest BCUT2D eigenvalue weighted by atomic mass is 10.1. The summed E-state index contributed by atoms with van der Waals surface area (Å²) in [5, 5.41) is 10.8. The van der Waals surface area contributed by atoms with Crippen LogP contribution in [0.25, 0.3) is 5.69 Å². The number of nitro benzene ring substituents is 1. The zero-order valence-electron chi connectivity index (χ0n) is 9.98. The van der Waals surface area contributed by atoms with E-state index in [0.29, 0.717) is 11.8 Å². The minimum atomic E-state index is -4.81. The fourth-order valence-electron chi connectivity index (χ4n) is 1.68. The minimum Gasteiger partial charge on any atom is -0.300 e. The molecule has 2 aromatic rings. The molecule has 1 aromatic carbocycles. The summed E-state index contributed by atoms with van der Waals surface area (Å²) in [6, 6.07) is 0.619. The Morgan fingerprint density at radius 1 is 1.35 bits per heavy atom. The largest absolute Gasteiger partial charge is 0.416 e. The van der Waals surface area contributed by atoms with E-state index in [9.17, 15) is 27.7 Å². The first-order valence-electron chi connectivity index (χ1n) is 5.26. The van der Waals surface area contributed by atoms with Gasteiger partial charge in [0, 0.05) is 6.20 Å². The summed E-state index contributed by atoms with van der Waals surface area (Å²) in [4.78, 5) is 13.5. The van der Waals surface area contributed by atoms with Gasteiger partial charge in [0.05, 0.1) is 22.5 Å². The number of aryl methyl sites for hydroxylation is 1. The SMILES string of the molecule is Cc1cn(-c2cc(C(F)(F)F)cc(F)c2[N+](=O)[O-])cn1. The first-order chi connectivity index (χ1) is 9.20. The van der Waals surface area contributed by atoms with E-state index in [-0.39, 0.29) is 6.07 Å². The second-order valence-corrected chi connectivity index (χ2v) is 4.00. The molecule has 1 aromatic heterocycles. The maximum Gasteiger partial charge on any atom is 0.416 e. The Labute approximate surface area is 109 Å². The maximum atomic E-state index is 13.6. The van der Waals surface area contributed by atoms with Crippen LogP contribution in [0.15, 0.2) is 24.7 Å². The van der Waals surface area contributed by atoms with Crippen molar-refractivity contribution < 1.29 is 22.5 Å². The molecule has 0 radical (unpaired) electrons. The zero-order chi connectivity index (χ0) is 15.1. The van der Waals surface area contributed by atoms with Gasteiger partial charge in [0.2, 0.25) is 5.82 Å². The number of hydrogen-bond donors (Lipinski definition) is 0. The standard InChI is InChI=1S/C11H7F4N3O2/c1-6-4-17(5-16-6)9-3-7(11(13,14)15)2-8(12)10(9)18(19)20/h2-5H,1H3. The molecule has 2 rings (SSSR count). The fraction of sp³-hybridized carbons (Fsp3) is 0.182. The molecule has 0 saturated carbocycles. The van der Waals surface area contributed by atoms with Gasteiger partial charge in [-0.1, -0.05) is 0 Å². The lowest BCUT2D eigenvalue weighted by Gasteiger charge is -2.10. The van der Waals surface area contributed by atoms with E-state index in [2.05, 4.69) is 4.98 Å². The van der Waals surface area contributed by atoms with Gasteiger partial charge in [0.25, 0.3) is 0 Å². The molecule has 0 bridgehead atoms. The molecule has 0 atom stereocenters. The predicted molar refractivity (Wildman–Crippen MR) is 59.9 cm³/mol. The quantitative estimate of drug-likeness (QED) is 0.484. The summed E-state index contributed by atoms with van der Waals surface area (Å²) in [5.74, 6) is -1.55. The van der Waals surface area contributed by atoms with Gasteiger partial charge in [-0.05, 0) is 19.1 Å². The first kappa shape index (κ1) is 14.0. The van der Waals surface area contributed by atoms with Crippen LogP contribution in [0.4, 0.5) is 23.2 Å². The lowest BCUT2D eigenvalue weighted by Crippen LogP contribution is -2.09. The van der Waals surface area contributed by atoms with Crippen molar-refractivity contribution in [2.24, 2.45) is 0 Å². The predicted octanol–water partition coefficient (Wildman–Crippen LogP) is 3.25.